The van der Waals surface area contributed by atoms with Crippen LogP contribution in [0.15, 0.2) is 77.9 Å². The molecule has 0 aliphatic carbocycles. The Morgan fingerprint density at radius 2 is 1.69 bits per heavy atom. The summed E-state index contributed by atoms with van der Waals surface area (Å²) in [5.74, 6) is -0.0588. The molecule has 162 valence electrons. The normalized spacial score (nSPS) is 10.5. The second kappa shape index (κ2) is 10.5. The highest BCUT2D eigenvalue weighted by molar-refractivity contribution is 5.95. The molecule has 0 bridgehead atoms. The van der Waals surface area contributed by atoms with Crippen LogP contribution in [0.3, 0.4) is 0 Å². The molecule has 0 radical (unpaired) electrons. The first-order chi connectivity index (χ1) is 15.5. The number of nitro groups is 1. The summed E-state index contributed by atoms with van der Waals surface area (Å²) in [7, 11) is 0. The number of carbonyl (C=O) groups excluding carboxylic acids is 2. The molecule has 0 atom stereocenters. The maximum atomic E-state index is 12.2. The Morgan fingerprint density at radius 1 is 1.00 bits per heavy atom. The molecule has 32 heavy (non-hydrogen) atoms. The lowest BCUT2D eigenvalue weighted by Gasteiger charge is -2.06. The molecule has 3 aromatic carbocycles. The van der Waals surface area contributed by atoms with Crippen LogP contribution >= 0.6 is 0 Å². The molecule has 3 rings (SSSR count). The molecular weight excluding hydrogens is 414 g/mol. The molecule has 0 spiro atoms. The summed E-state index contributed by atoms with van der Waals surface area (Å²) in [6.07, 6.45) is 1.40. The van der Waals surface area contributed by atoms with Gasteiger partial charge in [0.05, 0.1) is 23.3 Å². The van der Waals surface area contributed by atoms with E-state index in [4.69, 9.17) is 9.47 Å². The average molecular weight is 433 g/mol. The number of carbonyl (C=O) groups is 2. The summed E-state index contributed by atoms with van der Waals surface area (Å²) in [5.41, 5.74) is 3.28. The molecule has 3 aromatic rings. The lowest BCUT2D eigenvalue weighted by molar-refractivity contribution is -0.384. The van der Waals surface area contributed by atoms with Crippen molar-refractivity contribution in [3.8, 4) is 11.5 Å². The van der Waals surface area contributed by atoms with Crippen molar-refractivity contribution in [2.24, 2.45) is 5.10 Å². The van der Waals surface area contributed by atoms with Gasteiger partial charge in [0.25, 0.3) is 11.6 Å². The number of hydrogen-bond acceptors (Lipinski definition) is 7. The number of esters is 1. The minimum absolute atomic E-state index is 0.118. The highest BCUT2D eigenvalue weighted by Gasteiger charge is 2.11. The van der Waals surface area contributed by atoms with E-state index in [1.165, 1.54) is 30.5 Å². The molecule has 0 heterocycles. The van der Waals surface area contributed by atoms with Gasteiger partial charge < -0.3 is 9.47 Å². The van der Waals surface area contributed by atoms with Crippen LogP contribution in [0.25, 0.3) is 0 Å². The molecule has 0 fully saturated rings. The van der Waals surface area contributed by atoms with E-state index in [1.54, 1.807) is 48.5 Å². The monoisotopic (exact) mass is 433 g/mol. The molecule has 0 aliphatic rings. The minimum Gasteiger partial charge on any atom is -0.494 e. The topological polar surface area (TPSA) is 120 Å². The predicted octanol–water partition coefficient (Wildman–Crippen LogP) is 3.98. The van der Waals surface area contributed by atoms with E-state index < -0.39 is 16.8 Å². The lowest BCUT2D eigenvalue weighted by atomic mass is 10.2. The smallest absolute Gasteiger partial charge is 0.343 e. The fourth-order valence-electron chi connectivity index (χ4n) is 2.63. The van der Waals surface area contributed by atoms with Gasteiger partial charge in [0.15, 0.2) is 0 Å². The van der Waals surface area contributed by atoms with Gasteiger partial charge in [-0.15, -0.1) is 0 Å². The third kappa shape index (κ3) is 5.99. The predicted molar refractivity (Wildman–Crippen MR) is 117 cm³/mol. The zero-order valence-corrected chi connectivity index (χ0v) is 17.1. The minimum atomic E-state index is -0.579. The van der Waals surface area contributed by atoms with Gasteiger partial charge in [-0.1, -0.05) is 6.07 Å². The van der Waals surface area contributed by atoms with Crippen LogP contribution in [0.1, 0.15) is 33.2 Å². The van der Waals surface area contributed by atoms with E-state index in [-0.39, 0.29) is 11.3 Å². The van der Waals surface area contributed by atoms with Gasteiger partial charge in [0.1, 0.15) is 11.5 Å². The van der Waals surface area contributed by atoms with Crippen LogP contribution in [0, 0.1) is 10.1 Å². The summed E-state index contributed by atoms with van der Waals surface area (Å²) in [6, 6.07) is 18.5. The van der Waals surface area contributed by atoms with Gasteiger partial charge in [-0.05, 0) is 67.1 Å². The molecule has 0 saturated heterocycles. The molecule has 1 amide bonds. The van der Waals surface area contributed by atoms with E-state index in [9.17, 15) is 19.7 Å². The van der Waals surface area contributed by atoms with Crippen LogP contribution in [0.5, 0.6) is 11.5 Å². The first-order valence-corrected chi connectivity index (χ1v) is 9.59. The van der Waals surface area contributed by atoms with Crippen molar-refractivity contribution in [3.63, 3.8) is 0 Å². The van der Waals surface area contributed by atoms with E-state index >= 15 is 0 Å². The molecule has 0 saturated carbocycles. The maximum Gasteiger partial charge on any atom is 0.343 e. The number of nitrogens with zero attached hydrogens (tertiary/aromatic N) is 2. The van der Waals surface area contributed by atoms with E-state index in [0.717, 1.165) is 0 Å². The van der Waals surface area contributed by atoms with E-state index in [0.29, 0.717) is 29.2 Å². The Labute approximate surface area is 183 Å². The number of nitro benzene ring substituents is 1. The van der Waals surface area contributed by atoms with Crippen LogP contribution in [-0.4, -0.2) is 29.6 Å². The fourth-order valence-corrected chi connectivity index (χ4v) is 2.63. The summed E-state index contributed by atoms with van der Waals surface area (Å²) in [5, 5.41) is 14.6. The van der Waals surface area contributed by atoms with Crippen molar-refractivity contribution in [1.82, 2.24) is 5.43 Å². The fraction of sp³-hybridized carbons (Fsp3) is 0.0870. The van der Waals surface area contributed by atoms with Gasteiger partial charge in [-0.25, -0.2) is 10.2 Å². The van der Waals surface area contributed by atoms with Gasteiger partial charge in [0, 0.05) is 17.7 Å². The zero-order valence-electron chi connectivity index (χ0n) is 17.1. The molecule has 0 unspecified atom stereocenters. The number of hydrazone groups is 1. The number of hydrogen-bond donors (Lipinski definition) is 1. The quantitative estimate of drug-likeness (QED) is 0.189. The van der Waals surface area contributed by atoms with E-state index in [2.05, 4.69) is 10.5 Å². The van der Waals surface area contributed by atoms with Crippen molar-refractivity contribution in [1.29, 1.82) is 0 Å². The number of non-ortho nitro benzene ring substituents is 1. The van der Waals surface area contributed by atoms with Crippen molar-refractivity contribution in [2.45, 2.75) is 6.92 Å². The SMILES string of the molecule is CCOc1ccc(C(=O)Oc2ccc(/C=N/NC(=O)c3cccc([N+](=O)[O-])c3)cc2)cc1. The number of benzene rings is 3. The maximum absolute atomic E-state index is 12.2. The first kappa shape index (κ1) is 22.2. The van der Waals surface area contributed by atoms with Gasteiger partial charge in [0.2, 0.25) is 0 Å². The Balaban J connectivity index is 1.55. The third-order valence-electron chi connectivity index (χ3n) is 4.19. The van der Waals surface area contributed by atoms with Crippen molar-refractivity contribution < 1.29 is 24.0 Å². The van der Waals surface area contributed by atoms with Crippen LogP contribution in [0.2, 0.25) is 0 Å². The van der Waals surface area contributed by atoms with Crippen LogP contribution in [-0.2, 0) is 0 Å². The standard InChI is InChI=1S/C23H19N3O6/c1-2-31-20-12-8-17(9-13-20)23(28)32-21-10-6-16(7-11-21)15-24-25-22(27)18-4-3-5-19(14-18)26(29)30/h3-15H,2H2,1H3,(H,25,27)/b24-15+. The van der Waals surface area contributed by atoms with Crippen LogP contribution < -0.4 is 14.9 Å². The summed E-state index contributed by atoms with van der Waals surface area (Å²) >= 11 is 0. The molecule has 1 N–H and O–H groups in total. The average Bonchev–Trinajstić information content (AvgIpc) is 2.81. The first-order valence-electron chi connectivity index (χ1n) is 9.59. The highest BCUT2D eigenvalue weighted by Crippen LogP contribution is 2.17. The van der Waals surface area contributed by atoms with Crippen LogP contribution in [0.4, 0.5) is 5.69 Å². The molecule has 0 aromatic heterocycles. The molecule has 9 heteroatoms. The molecule has 9 nitrogen and oxygen atoms in total. The van der Waals surface area contributed by atoms with Gasteiger partial charge in [-0.2, -0.15) is 5.10 Å². The van der Waals surface area contributed by atoms with Gasteiger partial charge in [-0.3, -0.25) is 14.9 Å². The number of ether oxygens (including phenoxy) is 2. The molecule has 0 aliphatic heterocycles. The second-order valence-electron chi connectivity index (χ2n) is 6.42. The van der Waals surface area contributed by atoms with Crippen molar-refractivity contribution >= 4 is 23.8 Å². The van der Waals surface area contributed by atoms with Crippen molar-refractivity contribution in [3.05, 3.63) is 99.6 Å². The van der Waals surface area contributed by atoms with Crippen molar-refractivity contribution in [2.75, 3.05) is 6.61 Å². The summed E-state index contributed by atoms with van der Waals surface area (Å²) < 4.78 is 10.7. The summed E-state index contributed by atoms with van der Waals surface area (Å²) in [6.45, 7) is 2.42. The van der Waals surface area contributed by atoms with Gasteiger partial charge >= 0.3 is 5.97 Å². The number of nitrogens with one attached hydrogen (secondary N) is 1. The Hall–Kier alpha value is -4.53. The molecular formula is C23H19N3O6. The zero-order chi connectivity index (χ0) is 22.9. The van der Waals surface area contributed by atoms with E-state index in [1.807, 2.05) is 6.92 Å². The number of amides is 1. The number of rotatable bonds is 8. The third-order valence-corrected chi connectivity index (χ3v) is 4.19. The largest absolute Gasteiger partial charge is 0.494 e. The Kier molecular flexibility index (Phi) is 7.26. The lowest BCUT2D eigenvalue weighted by Crippen LogP contribution is -2.17. The second-order valence-corrected chi connectivity index (χ2v) is 6.42. The highest BCUT2D eigenvalue weighted by atomic mass is 16.6. The Bertz CT molecular complexity index is 1140. The summed E-state index contributed by atoms with van der Waals surface area (Å²) in [4.78, 5) is 34.5. The Morgan fingerprint density at radius 3 is 2.34 bits per heavy atom.